The number of rotatable bonds is 8. The molecule has 1 saturated heterocycles. The van der Waals surface area contributed by atoms with Crippen molar-refractivity contribution < 1.29 is 8.95 Å². The summed E-state index contributed by atoms with van der Waals surface area (Å²) in [7, 11) is -0.763. The molecule has 180 valence electrons. The second kappa shape index (κ2) is 11.4. The minimum atomic E-state index is -2.72. The average molecular weight is 491 g/mol. The van der Waals surface area contributed by atoms with Crippen molar-refractivity contribution in [2.45, 2.75) is 32.6 Å². The van der Waals surface area contributed by atoms with Gasteiger partial charge in [-0.25, -0.2) is 9.20 Å². The standard InChI is InChI=1S/C25H35ClN4O2S/c1-6-29(5)18-27-24-15-20(4)25(16-23(24)26)33(31,17-19(2)3)28-21-7-9-22(10-8-21)30-11-13-32-14-12-30/h7-10,15-16,18-19H,6,11-14,17H2,1-5H3. The van der Waals surface area contributed by atoms with Crippen molar-refractivity contribution in [1.82, 2.24) is 4.90 Å². The lowest BCUT2D eigenvalue weighted by atomic mass is 10.2. The lowest BCUT2D eigenvalue weighted by Crippen LogP contribution is -2.36. The SMILES string of the molecule is CCN(C)C=Nc1cc(C)c(S(=O)(CC(C)C)=Nc2ccc(N3CCOCC3)cc2)cc1Cl. The Morgan fingerprint density at radius 2 is 1.88 bits per heavy atom. The van der Waals surface area contributed by atoms with E-state index in [0.29, 0.717) is 27.0 Å². The van der Waals surface area contributed by atoms with Gasteiger partial charge in [0, 0.05) is 38.1 Å². The minimum Gasteiger partial charge on any atom is -0.378 e. The molecule has 0 bridgehead atoms. The van der Waals surface area contributed by atoms with Gasteiger partial charge >= 0.3 is 0 Å². The fourth-order valence-corrected chi connectivity index (χ4v) is 6.54. The Morgan fingerprint density at radius 1 is 1.21 bits per heavy atom. The van der Waals surface area contributed by atoms with Crippen molar-refractivity contribution in [3.05, 3.63) is 47.0 Å². The molecule has 0 aromatic heterocycles. The highest BCUT2D eigenvalue weighted by atomic mass is 35.5. The van der Waals surface area contributed by atoms with Gasteiger partial charge in [-0.3, -0.25) is 0 Å². The topological polar surface area (TPSA) is 57.5 Å². The first-order chi connectivity index (χ1) is 15.7. The van der Waals surface area contributed by atoms with Gasteiger partial charge in [0.1, 0.15) is 0 Å². The number of hydrogen-bond acceptors (Lipinski definition) is 5. The highest BCUT2D eigenvalue weighted by molar-refractivity contribution is 7.93. The third-order valence-electron chi connectivity index (χ3n) is 5.52. The molecule has 6 nitrogen and oxygen atoms in total. The number of nitrogens with zero attached hydrogens (tertiary/aromatic N) is 4. The molecule has 0 saturated carbocycles. The predicted molar refractivity (Wildman–Crippen MR) is 140 cm³/mol. The molecule has 0 N–H and O–H groups in total. The van der Waals surface area contributed by atoms with Gasteiger partial charge in [0.2, 0.25) is 0 Å². The van der Waals surface area contributed by atoms with Gasteiger partial charge in [0.25, 0.3) is 0 Å². The van der Waals surface area contributed by atoms with Gasteiger partial charge in [0.15, 0.2) is 0 Å². The van der Waals surface area contributed by atoms with Crippen molar-refractivity contribution in [2.24, 2.45) is 15.3 Å². The van der Waals surface area contributed by atoms with E-state index >= 15 is 0 Å². The summed E-state index contributed by atoms with van der Waals surface area (Å²) < 4.78 is 24.5. The second-order valence-electron chi connectivity index (χ2n) is 8.79. The van der Waals surface area contributed by atoms with Crippen LogP contribution in [-0.4, -0.2) is 61.1 Å². The van der Waals surface area contributed by atoms with E-state index in [4.69, 9.17) is 20.7 Å². The van der Waals surface area contributed by atoms with Crippen molar-refractivity contribution in [3.63, 3.8) is 0 Å². The number of halogens is 1. The molecule has 8 heteroatoms. The summed E-state index contributed by atoms with van der Waals surface area (Å²) in [5.41, 5.74) is 3.38. The monoisotopic (exact) mass is 490 g/mol. The van der Waals surface area contributed by atoms with Gasteiger partial charge in [-0.2, -0.15) is 4.36 Å². The lowest BCUT2D eigenvalue weighted by molar-refractivity contribution is 0.122. The molecular weight excluding hydrogens is 456 g/mol. The minimum absolute atomic E-state index is 0.211. The van der Waals surface area contributed by atoms with Gasteiger partial charge < -0.3 is 14.5 Å². The van der Waals surface area contributed by atoms with E-state index in [9.17, 15) is 4.21 Å². The molecular formula is C25H35ClN4O2S. The maximum Gasteiger partial charge on any atom is 0.0910 e. The second-order valence-corrected chi connectivity index (χ2v) is 11.4. The maximum atomic E-state index is 14.3. The molecule has 2 aromatic carbocycles. The quantitative estimate of drug-likeness (QED) is 0.341. The molecule has 1 aliphatic rings. The number of anilines is 1. The molecule has 0 amide bonds. The Labute approximate surface area is 203 Å². The van der Waals surface area contributed by atoms with Crippen LogP contribution in [-0.2, 0) is 14.5 Å². The Hall–Kier alpha value is -2.09. The fourth-order valence-electron chi connectivity index (χ4n) is 3.68. The van der Waals surface area contributed by atoms with Crippen LogP contribution in [0.5, 0.6) is 0 Å². The number of benzene rings is 2. The summed E-state index contributed by atoms with van der Waals surface area (Å²) in [6.45, 7) is 12.2. The van der Waals surface area contributed by atoms with Crippen LogP contribution in [0.4, 0.5) is 17.1 Å². The molecule has 1 unspecified atom stereocenters. The number of hydrogen-bond donors (Lipinski definition) is 0. The molecule has 33 heavy (non-hydrogen) atoms. The van der Waals surface area contributed by atoms with Crippen molar-refractivity contribution in [2.75, 3.05) is 50.5 Å². The molecule has 1 heterocycles. The van der Waals surface area contributed by atoms with Gasteiger partial charge in [-0.05, 0) is 61.7 Å². The average Bonchev–Trinajstić information content (AvgIpc) is 2.79. The number of ether oxygens (including phenoxy) is 1. The summed E-state index contributed by atoms with van der Waals surface area (Å²) in [6, 6.07) is 11.7. The lowest BCUT2D eigenvalue weighted by Gasteiger charge is -2.28. The van der Waals surface area contributed by atoms with E-state index in [1.54, 1.807) is 12.4 Å². The van der Waals surface area contributed by atoms with Crippen LogP contribution in [0.1, 0.15) is 26.3 Å². The summed E-state index contributed by atoms with van der Waals surface area (Å²) >= 11 is 6.57. The first-order valence-electron chi connectivity index (χ1n) is 11.4. The van der Waals surface area contributed by atoms with Crippen LogP contribution >= 0.6 is 11.6 Å². The number of aliphatic imine (C=N–C) groups is 1. The molecule has 2 aromatic rings. The first-order valence-corrected chi connectivity index (χ1v) is 13.5. The zero-order chi connectivity index (χ0) is 24.0. The van der Waals surface area contributed by atoms with E-state index in [2.05, 4.69) is 30.7 Å². The van der Waals surface area contributed by atoms with E-state index in [0.717, 1.165) is 44.1 Å². The largest absolute Gasteiger partial charge is 0.378 e. The Balaban J connectivity index is 1.98. The molecule has 1 fully saturated rings. The summed E-state index contributed by atoms with van der Waals surface area (Å²) in [4.78, 5) is 9.43. The van der Waals surface area contributed by atoms with Gasteiger partial charge in [-0.1, -0.05) is 25.4 Å². The molecule has 0 spiro atoms. The first kappa shape index (κ1) is 25.5. The van der Waals surface area contributed by atoms with E-state index in [1.165, 1.54) is 0 Å². The molecule has 3 rings (SSSR count). The van der Waals surface area contributed by atoms with Crippen LogP contribution in [0.15, 0.2) is 50.6 Å². The summed E-state index contributed by atoms with van der Waals surface area (Å²) in [6.07, 6.45) is 1.76. The Bertz CT molecular complexity index is 1090. The third kappa shape index (κ3) is 6.71. The predicted octanol–water partition coefficient (Wildman–Crippen LogP) is 5.91. The number of aryl methyl sites for hydroxylation is 1. The fraction of sp³-hybridized carbons (Fsp3) is 0.480. The molecule has 1 aliphatic heterocycles. The summed E-state index contributed by atoms with van der Waals surface area (Å²) in [5, 5.41) is 0.477. The zero-order valence-corrected chi connectivity index (χ0v) is 21.8. The van der Waals surface area contributed by atoms with E-state index in [1.807, 2.05) is 49.2 Å². The molecule has 1 atom stereocenters. The molecule has 0 radical (unpaired) electrons. The zero-order valence-electron chi connectivity index (χ0n) is 20.3. The third-order valence-corrected chi connectivity index (χ3v) is 8.57. The van der Waals surface area contributed by atoms with Gasteiger partial charge in [0.05, 0.1) is 50.6 Å². The highest BCUT2D eigenvalue weighted by Gasteiger charge is 2.20. The van der Waals surface area contributed by atoms with Crippen LogP contribution in [0.3, 0.4) is 0 Å². The molecule has 0 aliphatic carbocycles. The summed E-state index contributed by atoms with van der Waals surface area (Å²) in [5.74, 6) is 0.666. The van der Waals surface area contributed by atoms with Crippen molar-refractivity contribution in [1.29, 1.82) is 0 Å². The Morgan fingerprint density at radius 3 is 2.48 bits per heavy atom. The van der Waals surface area contributed by atoms with Crippen LogP contribution in [0.2, 0.25) is 5.02 Å². The smallest absolute Gasteiger partial charge is 0.0910 e. The maximum absolute atomic E-state index is 14.3. The Kier molecular flexibility index (Phi) is 8.79. The van der Waals surface area contributed by atoms with E-state index < -0.39 is 9.73 Å². The van der Waals surface area contributed by atoms with E-state index in [-0.39, 0.29) is 5.92 Å². The van der Waals surface area contributed by atoms with Crippen molar-refractivity contribution in [3.8, 4) is 0 Å². The van der Waals surface area contributed by atoms with Crippen LogP contribution < -0.4 is 4.90 Å². The van der Waals surface area contributed by atoms with Crippen LogP contribution in [0.25, 0.3) is 0 Å². The highest BCUT2D eigenvalue weighted by Crippen LogP contribution is 2.34. The normalized spacial score (nSPS) is 16.3. The van der Waals surface area contributed by atoms with Crippen LogP contribution in [0, 0.1) is 12.8 Å². The van der Waals surface area contributed by atoms with Crippen molar-refractivity contribution >= 4 is 44.7 Å². The number of morpholine rings is 1. The van der Waals surface area contributed by atoms with Gasteiger partial charge in [-0.15, -0.1) is 0 Å².